The van der Waals surface area contributed by atoms with Crippen LogP contribution in [0, 0.1) is 0 Å². The van der Waals surface area contributed by atoms with Crippen LogP contribution in [-0.4, -0.2) is 0 Å². The highest BCUT2D eigenvalue weighted by Crippen LogP contribution is 2.46. The van der Waals surface area contributed by atoms with Gasteiger partial charge in [-0.2, -0.15) is 0 Å². The van der Waals surface area contributed by atoms with Crippen LogP contribution in [-0.2, 0) is 0 Å². The van der Waals surface area contributed by atoms with Crippen molar-refractivity contribution in [2.75, 3.05) is 0 Å². The number of hydrogen-bond donors (Lipinski definition) is 0. The van der Waals surface area contributed by atoms with Gasteiger partial charge in [-0.1, -0.05) is 152 Å². The molecule has 0 saturated heterocycles. The molecule has 0 fully saturated rings. The highest BCUT2D eigenvalue weighted by atomic mass is 16.3. The van der Waals surface area contributed by atoms with Crippen molar-refractivity contribution in [1.82, 2.24) is 0 Å². The molecule has 0 spiro atoms. The van der Waals surface area contributed by atoms with E-state index in [0.717, 1.165) is 76.5 Å². The Bertz CT molecular complexity index is 2710. The van der Waals surface area contributed by atoms with E-state index in [2.05, 4.69) is 72.8 Å². The molecule has 9 aromatic rings. The number of rotatable bonds is 3. The van der Waals surface area contributed by atoms with E-state index in [4.69, 9.17) is 11.3 Å². The smallest absolute Gasteiger partial charge is 0.143 e. The highest BCUT2D eigenvalue weighted by molar-refractivity contribution is 6.24. The molecule has 0 atom stereocenters. The minimum absolute atomic E-state index is 0.207. The van der Waals surface area contributed by atoms with E-state index < -0.39 is 6.04 Å². The molecule has 0 radical (unpaired) electrons. The van der Waals surface area contributed by atoms with Crippen molar-refractivity contribution in [2.24, 2.45) is 0 Å². The monoisotopic (exact) mass is 551 g/mol. The van der Waals surface area contributed by atoms with Gasteiger partial charge in [0.1, 0.15) is 11.2 Å². The van der Waals surface area contributed by atoms with Gasteiger partial charge in [0.25, 0.3) is 0 Å². The van der Waals surface area contributed by atoms with Crippen molar-refractivity contribution in [3.63, 3.8) is 0 Å². The van der Waals surface area contributed by atoms with Crippen LogP contribution in [0.25, 0.3) is 87.6 Å². The van der Waals surface area contributed by atoms with Gasteiger partial charge < -0.3 is 4.42 Å². The van der Waals surface area contributed by atoms with Crippen molar-refractivity contribution in [2.45, 2.75) is 0 Å². The Morgan fingerprint density at radius 1 is 0.372 bits per heavy atom. The first-order chi connectivity index (χ1) is 23.4. The maximum Gasteiger partial charge on any atom is 0.143 e. The third-order valence-electron chi connectivity index (χ3n) is 8.57. The van der Waals surface area contributed by atoms with Crippen LogP contribution in [0.3, 0.4) is 0 Å². The lowest BCUT2D eigenvalue weighted by Crippen LogP contribution is -1.92. The Kier molecular flexibility index (Phi) is 4.27. The number of para-hydroxylation sites is 2. The zero-order valence-electron chi connectivity index (χ0n) is 28.0. The van der Waals surface area contributed by atoms with Crippen LogP contribution in [0.15, 0.2) is 162 Å². The molecule has 0 aliphatic heterocycles. The molecule has 9 rings (SSSR count). The lowest BCUT2D eigenvalue weighted by atomic mass is 9.84. The van der Waals surface area contributed by atoms with E-state index >= 15 is 0 Å². The normalized spacial score (nSPS) is 13.3. The lowest BCUT2D eigenvalue weighted by molar-refractivity contribution is 0.670. The summed E-state index contributed by atoms with van der Waals surface area (Å²) in [5.41, 5.74) is 6.74. The van der Waals surface area contributed by atoms with Gasteiger partial charge in [0.05, 0.1) is 6.85 Å². The van der Waals surface area contributed by atoms with E-state index in [1.807, 2.05) is 54.6 Å². The van der Waals surface area contributed by atoms with Crippen molar-refractivity contribution in [3.8, 4) is 33.4 Å². The molecule has 43 heavy (non-hydrogen) atoms. The van der Waals surface area contributed by atoms with Crippen LogP contribution in [0.5, 0.6) is 0 Å². The summed E-state index contributed by atoms with van der Waals surface area (Å²) >= 11 is 0. The van der Waals surface area contributed by atoms with Crippen molar-refractivity contribution >= 4 is 54.3 Å². The zero-order valence-corrected chi connectivity index (χ0v) is 23.0. The van der Waals surface area contributed by atoms with Crippen LogP contribution >= 0.6 is 0 Å². The van der Waals surface area contributed by atoms with Crippen molar-refractivity contribution in [3.05, 3.63) is 158 Å². The van der Waals surface area contributed by atoms with Gasteiger partial charge in [-0.3, -0.25) is 0 Å². The molecule has 200 valence electrons. The Morgan fingerprint density at radius 3 is 1.53 bits per heavy atom. The van der Waals surface area contributed by atoms with Crippen LogP contribution in [0.1, 0.15) is 6.85 Å². The van der Waals surface area contributed by atoms with E-state index in [-0.39, 0.29) is 29.7 Å². The molecular formula is C42H26O. The van der Waals surface area contributed by atoms with Gasteiger partial charge >= 0.3 is 0 Å². The molecule has 0 aliphatic carbocycles. The van der Waals surface area contributed by atoms with Crippen molar-refractivity contribution < 1.29 is 11.3 Å². The van der Waals surface area contributed by atoms with Crippen molar-refractivity contribution in [1.29, 1.82) is 0 Å². The Hall–Kier alpha value is -5.66. The summed E-state index contributed by atoms with van der Waals surface area (Å²) in [5.74, 6) is 0. The number of benzene rings is 8. The molecule has 0 aliphatic rings. The maximum atomic E-state index is 8.87. The summed E-state index contributed by atoms with van der Waals surface area (Å²) in [7, 11) is 0. The number of fused-ring (bicyclic) bond motifs is 6. The third kappa shape index (κ3) is 3.58. The van der Waals surface area contributed by atoms with Crippen LogP contribution in [0.4, 0.5) is 0 Å². The molecule has 1 heterocycles. The quantitative estimate of drug-likeness (QED) is 0.199. The molecule has 0 saturated carbocycles. The minimum atomic E-state index is -0.399. The Balaban J connectivity index is 1.38. The van der Waals surface area contributed by atoms with Crippen LogP contribution in [0.2, 0.25) is 0 Å². The van der Waals surface area contributed by atoms with E-state index in [1.165, 1.54) is 0 Å². The standard InChI is InChI=1S/C42H26O/c1-2-13-27(14-3-1)40-33-16-4-6-18-35(33)41(36-19-7-5-17-34(36)40)32-23-11-20-28-29(32)21-10-22-30(28)37-24-12-25-38-31-15-8-9-26-39(31)43-42(37)38/h1-26H/i1D,2D,3D,13D,14D. The average molecular weight is 552 g/mol. The first kappa shape index (κ1) is 19.5. The lowest BCUT2D eigenvalue weighted by Gasteiger charge is -2.19. The minimum Gasteiger partial charge on any atom is -0.455 e. The molecule has 0 N–H and O–H groups in total. The Morgan fingerprint density at radius 2 is 0.860 bits per heavy atom. The second-order valence-electron chi connectivity index (χ2n) is 10.8. The fourth-order valence-corrected chi connectivity index (χ4v) is 6.79. The predicted octanol–water partition coefficient (Wildman–Crippen LogP) is 12.0. The van der Waals surface area contributed by atoms with Crippen LogP contribution < -0.4 is 0 Å². The first-order valence-corrected chi connectivity index (χ1v) is 14.4. The van der Waals surface area contributed by atoms with Gasteiger partial charge in [-0.05, 0) is 66.2 Å². The fraction of sp³-hybridized carbons (Fsp3) is 0. The summed E-state index contributed by atoms with van der Waals surface area (Å²) < 4.78 is 49.2. The molecule has 0 amide bonds. The molecule has 8 aromatic carbocycles. The summed E-state index contributed by atoms with van der Waals surface area (Å²) in [4.78, 5) is 0. The van der Waals surface area contributed by atoms with Gasteiger partial charge in [-0.25, -0.2) is 0 Å². The first-order valence-electron chi connectivity index (χ1n) is 16.9. The Labute approximate surface area is 256 Å². The molecule has 0 unspecified atom stereocenters. The van der Waals surface area contributed by atoms with Gasteiger partial charge in [0, 0.05) is 16.3 Å². The molecular weight excluding hydrogens is 520 g/mol. The third-order valence-corrected chi connectivity index (χ3v) is 8.57. The molecule has 1 nitrogen and oxygen atoms in total. The fourth-order valence-electron chi connectivity index (χ4n) is 6.79. The van der Waals surface area contributed by atoms with Gasteiger partial charge in [-0.15, -0.1) is 0 Å². The molecule has 1 aromatic heterocycles. The van der Waals surface area contributed by atoms with Gasteiger partial charge in [0.15, 0.2) is 0 Å². The number of hydrogen-bond acceptors (Lipinski definition) is 1. The second-order valence-corrected chi connectivity index (χ2v) is 10.8. The van der Waals surface area contributed by atoms with E-state index in [1.54, 1.807) is 0 Å². The number of furan rings is 1. The maximum absolute atomic E-state index is 8.87. The van der Waals surface area contributed by atoms with Gasteiger partial charge in [0.2, 0.25) is 0 Å². The summed E-state index contributed by atoms with van der Waals surface area (Å²) in [6, 6.07) is 41.7. The predicted molar refractivity (Wildman–Crippen MR) is 183 cm³/mol. The SMILES string of the molecule is [2H]c1c([2H])c([2H])c(-c2c3ccccc3c(-c3cccc4c(-c5cccc6c5oc5ccccc56)cccc34)c3ccccc23)c([2H])c1[2H]. The highest BCUT2D eigenvalue weighted by Gasteiger charge is 2.19. The summed E-state index contributed by atoms with van der Waals surface area (Å²) in [6.45, 7) is 0. The molecule has 1 heteroatoms. The summed E-state index contributed by atoms with van der Waals surface area (Å²) in [5, 5.41) is 7.86. The summed E-state index contributed by atoms with van der Waals surface area (Å²) in [6.07, 6.45) is 0. The second kappa shape index (κ2) is 9.44. The topological polar surface area (TPSA) is 13.1 Å². The van der Waals surface area contributed by atoms with E-state index in [9.17, 15) is 0 Å². The zero-order chi connectivity index (χ0) is 32.7. The largest absolute Gasteiger partial charge is 0.455 e. The van der Waals surface area contributed by atoms with E-state index in [0.29, 0.717) is 5.56 Å². The average Bonchev–Trinajstić information content (AvgIpc) is 3.52. The molecule has 0 bridgehead atoms.